The Morgan fingerprint density at radius 1 is 1.03 bits per heavy atom. The number of amides is 1. The van der Waals surface area contributed by atoms with Gasteiger partial charge < -0.3 is 19.9 Å². The van der Waals surface area contributed by atoms with E-state index in [2.05, 4.69) is 20.2 Å². The molecule has 0 bridgehead atoms. The zero-order valence-electron chi connectivity index (χ0n) is 19.3. The number of thioether (sulfide) groups is 1. The van der Waals surface area contributed by atoms with Crippen LogP contribution in [-0.4, -0.2) is 60.4 Å². The molecule has 0 spiro atoms. The van der Waals surface area contributed by atoms with E-state index in [1.807, 2.05) is 17.0 Å². The molecule has 0 saturated carbocycles. The van der Waals surface area contributed by atoms with Crippen molar-refractivity contribution in [2.45, 2.75) is 11.9 Å². The molecule has 1 aromatic heterocycles. The molecule has 1 aliphatic rings. The lowest BCUT2D eigenvalue weighted by Crippen LogP contribution is -2.47. The third kappa shape index (κ3) is 6.27. The molecule has 1 saturated heterocycles. The quantitative estimate of drug-likeness (QED) is 0.287. The van der Waals surface area contributed by atoms with Crippen molar-refractivity contribution >= 4 is 40.8 Å². The van der Waals surface area contributed by atoms with Gasteiger partial charge in [0.2, 0.25) is 5.91 Å². The molecule has 8 nitrogen and oxygen atoms in total. The van der Waals surface area contributed by atoms with Crippen LogP contribution in [-0.2, 0) is 9.53 Å². The van der Waals surface area contributed by atoms with E-state index in [1.165, 1.54) is 24.2 Å². The lowest BCUT2D eigenvalue weighted by atomic mass is 10.2. The maximum Gasteiger partial charge on any atom is 0.340 e. The molecule has 1 fully saturated rings. The van der Waals surface area contributed by atoms with Crippen molar-refractivity contribution in [3.63, 3.8) is 0 Å². The van der Waals surface area contributed by atoms with E-state index >= 15 is 0 Å². The van der Waals surface area contributed by atoms with Crippen LogP contribution in [0, 0.1) is 5.82 Å². The summed E-state index contributed by atoms with van der Waals surface area (Å²) in [7, 11) is 0. The van der Waals surface area contributed by atoms with Crippen LogP contribution in [0.15, 0.2) is 66.0 Å². The van der Waals surface area contributed by atoms with Gasteiger partial charge in [-0.25, -0.2) is 19.2 Å². The van der Waals surface area contributed by atoms with Gasteiger partial charge in [0, 0.05) is 32.2 Å². The smallest absolute Gasteiger partial charge is 0.340 e. The number of hydrogen-bond donors (Lipinski definition) is 1. The van der Waals surface area contributed by atoms with Gasteiger partial charge in [-0.1, -0.05) is 36.0 Å². The molecule has 1 aliphatic heterocycles. The molecule has 4 rings (SSSR count). The fourth-order valence-electron chi connectivity index (χ4n) is 3.77. The third-order valence-electron chi connectivity index (χ3n) is 5.47. The first-order valence-electron chi connectivity index (χ1n) is 11.3. The van der Waals surface area contributed by atoms with Crippen LogP contribution < -0.4 is 15.1 Å². The van der Waals surface area contributed by atoms with E-state index in [0.29, 0.717) is 48.1 Å². The minimum Gasteiger partial charge on any atom is -0.462 e. The Morgan fingerprint density at radius 2 is 1.74 bits per heavy atom. The second-order valence-corrected chi connectivity index (χ2v) is 8.74. The van der Waals surface area contributed by atoms with Gasteiger partial charge in [-0.3, -0.25) is 4.79 Å². The number of halogens is 1. The number of anilines is 3. The molecule has 182 valence electrons. The average molecular weight is 496 g/mol. The van der Waals surface area contributed by atoms with Gasteiger partial charge in [-0.15, -0.1) is 0 Å². The van der Waals surface area contributed by atoms with Gasteiger partial charge in [-0.05, 0) is 31.2 Å². The highest BCUT2D eigenvalue weighted by Gasteiger charge is 2.21. The molecule has 2 heterocycles. The molecule has 2 aromatic carbocycles. The first-order chi connectivity index (χ1) is 17.0. The molecule has 0 aliphatic carbocycles. The van der Waals surface area contributed by atoms with E-state index in [9.17, 15) is 14.0 Å². The Bertz CT molecular complexity index is 1190. The van der Waals surface area contributed by atoms with Crippen molar-refractivity contribution in [1.82, 2.24) is 9.97 Å². The van der Waals surface area contributed by atoms with Gasteiger partial charge in [0.25, 0.3) is 0 Å². The lowest BCUT2D eigenvalue weighted by Gasteiger charge is -2.36. The highest BCUT2D eigenvalue weighted by atomic mass is 32.2. The van der Waals surface area contributed by atoms with Crippen LogP contribution in [0.3, 0.4) is 0 Å². The SMILES string of the molecule is CCOC(=O)c1ccccc1NC(=O)CSc1cc(N2CCN(c3ccccc3F)CC2)ncn1. The Morgan fingerprint density at radius 3 is 2.51 bits per heavy atom. The highest BCUT2D eigenvalue weighted by molar-refractivity contribution is 7.99. The summed E-state index contributed by atoms with van der Waals surface area (Å²) < 4.78 is 19.1. The van der Waals surface area contributed by atoms with E-state index in [0.717, 1.165) is 5.82 Å². The van der Waals surface area contributed by atoms with Crippen LogP contribution >= 0.6 is 11.8 Å². The van der Waals surface area contributed by atoms with Crippen LogP contribution in [0.5, 0.6) is 0 Å². The predicted octanol–water partition coefficient (Wildman–Crippen LogP) is 3.85. The maximum absolute atomic E-state index is 14.1. The summed E-state index contributed by atoms with van der Waals surface area (Å²) in [4.78, 5) is 37.4. The molecular weight excluding hydrogens is 469 g/mol. The van der Waals surface area contributed by atoms with E-state index in [-0.39, 0.29) is 24.1 Å². The average Bonchev–Trinajstić information content (AvgIpc) is 2.88. The number of nitrogens with zero attached hydrogens (tertiary/aromatic N) is 4. The zero-order chi connectivity index (χ0) is 24.6. The number of benzene rings is 2. The Hall–Kier alpha value is -3.66. The van der Waals surface area contributed by atoms with Crippen LogP contribution in [0.25, 0.3) is 0 Å². The van der Waals surface area contributed by atoms with Crippen molar-refractivity contribution in [2.24, 2.45) is 0 Å². The normalized spacial score (nSPS) is 13.4. The summed E-state index contributed by atoms with van der Waals surface area (Å²) in [5.74, 6) is -0.0696. The van der Waals surface area contributed by atoms with Crippen molar-refractivity contribution in [2.75, 3.05) is 53.7 Å². The predicted molar refractivity (Wildman–Crippen MR) is 135 cm³/mol. The van der Waals surface area contributed by atoms with Gasteiger partial charge in [0.05, 0.1) is 29.3 Å². The number of rotatable bonds is 8. The number of nitrogens with one attached hydrogen (secondary N) is 1. The first-order valence-corrected chi connectivity index (χ1v) is 12.3. The van der Waals surface area contributed by atoms with Crippen molar-refractivity contribution < 1.29 is 18.7 Å². The number of carbonyl (C=O) groups is 2. The van der Waals surface area contributed by atoms with Gasteiger partial charge in [0.15, 0.2) is 0 Å². The van der Waals surface area contributed by atoms with Gasteiger partial charge >= 0.3 is 5.97 Å². The fourth-order valence-corrected chi connectivity index (χ4v) is 4.43. The number of ether oxygens (including phenoxy) is 1. The minimum atomic E-state index is -0.480. The summed E-state index contributed by atoms with van der Waals surface area (Å²) in [5.41, 5.74) is 1.33. The molecule has 1 N–H and O–H groups in total. The number of aromatic nitrogens is 2. The Kier molecular flexibility index (Phi) is 8.15. The van der Waals surface area contributed by atoms with Crippen molar-refractivity contribution in [1.29, 1.82) is 0 Å². The van der Waals surface area contributed by atoms with Crippen LogP contribution in [0.2, 0.25) is 0 Å². The maximum atomic E-state index is 14.1. The number of piperazine rings is 1. The molecule has 0 radical (unpaired) electrons. The largest absolute Gasteiger partial charge is 0.462 e. The zero-order valence-corrected chi connectivity index (χ0v) is 20.1. The fraction of sp³-hybridized carbons (Fsp3) is 0.280. The minimum absolute atomic E-state index is 0.120. The Labute approximate surface area is 207 Å². The molecule has 0 unspecified atom stereocenters. The van der Waals surface area contributed by atoms with Gasteiger partial charge in [-0.2, -0.15) is 0 Å². The third-order valence-corrected chi connectivity index (χ3v) is 6.40. The molecule has 3 aromatic rings. The summed E-state index contributed by atoms with van der Waals surface area (Å²) in [5, 5.41) is 3.44. The molecule has 35 heavy (non-hydrogen) atoms. The Balaban J connectivity index is 1.32. The first kappa shape index (κ1) is 24.5. The van der Waals surface area contributed by atoms with Gasteiger partial charge in [0.1, 0.15) is 23.0 Å². The molecular formula is C25H26FN5O3S. The number of para-hydroxylation sites is 2. The standard InChI is InChI=1S/C25H26FN5O3S/c1-2-34-25(33)18-7-3-5-9-20(18)29-23(32)16-35-24-15-22(27-17-28-24)31-13-11-30(12-14-31)21-10-6-4-8-19(21)26/h3-10,15,17H,2,11-14,16H2,1H3,(H,29,32). The molecule has 10 heteroatoms. The van der Waals surface area contributed by atoms with Crippen LogP contribution in [0.1, 0.15) is 17.3 Å². The van der Waals surface area contributed by atoms with Crippen LogP contribution in [0.4, 0.5) is 21.6 Å². The van der Waals surface area contributed by atoms with Crippen molar-refractivity contribution in [3.8, 4) is 0 Å². The second kappa shape index (κ2) is 11.7. The molecule has 1 amide bonds. The monoisotopic (exact) mass is 495 g/mol. The molecule has 0 atom stereocenters. The number of carbonyl (C=O) groups excluding carboxylic acids is 2. The van der Waals surface area contributed by atoms with E-state index in [4.69, 9.17) is 4.74 Å². The summed E-state index contributed by atoms with van der Waals surface area (Å²) in [6.07, 6.45) is 1.48. The van der Waals surface area contributed by atoms with E-state index in [1.54, 1.807) is 43.3 Å². The summed E-state index contributed by atoms with van der Waals surface area (Å²) in [6.45, 7) is 4.73. The number of hydrogen-bond acceptors (Lipinski definition) is 8. The number of esters is 1. The second-order valence-electron chi connectivity index (χ2n) is 7.74. The highest BCUT2D eigenvalue weighted by Crippen LogP contribution is 2.24. The van der Waals surface area contributed by atoms with Crippen molar-refractivity contribution in [3.05, 3.63) is 72.3 Å². The topological polar surface area (TPSA) is 87.7 Å². The summed E-state index contributed by atoms with van der Waals surface area (Å²) in [6, 6.07) is 15.4. The lowest BCUT2D eigenvalue weighted by molar-refractivity contribution is -0.113. The van der Waals surface area contributed by atoms with E-state index < -0.39 is 5.97 Å². The summed E-state index contributed by atoms with van der Waals surface area (Å²) >= 11 is 1.28.